The van der Waals surface area contributed by atoms with E-state index in [9.17, 15) is 43.2 Å². The lowest BCUT2D eigenvalue weighted by Crippen LogP contribution is -2.30. The van der Waals surface area contributed by atoms with Crippen LogP contribution in [0.4, 0.5) is 0 Å². The van der Waals surface area contributed by atoms with E-state index < -0.39 is 97.5 Å². The van der Waals surface area contributed by atoms with Crippen molar-refractivity contribution in [1.82, 2.24) is 0 Å². The zero-order valence-corrected chi connectivity index (χ0v) is 63.4. The maximum absolute atomic E-state index is 13.1. The topological polar surface area (TPSA) is 237 Å². The molecule has 0 heterocycles. The second-order valence-electron chi connectivity index (χ2n) is 28.2. The van der Waals surface area contributed by atoms with Crippen molar-refractivity contribution in [3.8, 4) is 0 Å². The number of unbranched alkanes of at least 4 members (excludes halogenated alkanes) is 35. The number of rotatable bonds is 72. The molecule has 558 valence electrons. The predicted octanol–water partition coefficient (Wildman–Crippen LogP) is 21.7. The van der Waals surface area contributed by atoms with E-state index in [4.69, 9.17) is 37.0 Å². The maximum atomic E-state index is 13.1. The Morgan fingerprint density at radius 2 is 0.511 bits per heavy atom. The van der Waals surface area contributed by atoms with Crippen molar-refractivity contribution in [3.05, 3.63) is 0 Å². The van der Waals surface area contributed by atoms with Gasteiger partial charge in [-0.25, -0.2) is 9.13 Å². The minimum Gasteiger partial charge on any atom is -0.462 e. The molecule has 0 aromatic carbocycles. The van der Waals surface area contributed by atoms with Crippen molar-refractivity contribution in [2.75, 3.05) is 39.6 Å². The van der Waals surface area contributed by atoms with Crippen LogP contribution in [0, 0.1) is 23.7 Å². The van der Waals surface area contributed by atoms with E-state index in [1.54, 1.807) is 0 Å². The average molecular weight is 1380 g/mol. The highest BCUT2D eigenvalue weighted by molar-refractivity contribution is 7.47. The number of phosphoric acid groups is 2. The molecule has 0 bridgehead atoms. The molecule has 0 rings (SSSR count). The van der Waals surface area contributed by atoms with Crippen LogP contribution in [0.5, 0.6) is 0 Å². The second-order valence-corrected chi connectivity index (χ2v) is 31.1. The number of hydrogen-bond donors (Lipinski definition) is 3. The Bertz CT molecular complexity index is 1860. The molecule has 19 heteroatoms. The van der Waals surface area contributed by atoms with Crippen molar-refractivity contribution < 1.29 is 80.2 Å². The number of ether oxygens (including phenoxy) is 4. The summed E-state index contributed by atoms with van der Waals surface area (Å²) in [5.74, 6) is 1.01. The number of aliphatic hydroxyl groups excluding tert-OH is 1. The molecule has 8 atom stereocenters. The summed E-state index contributed by atoms with van der Waals surface area (Å²) in [6, 6.07) is 0. The molecule has 0 aromatic heterocycles. The Balaban J connectivity index is 5.24. The van der Waals surface area contributed by atoms with Gasteiger partial charge in [-0.1, -0.05) is 325 Å². The van der Waals surface area contributed by atoms with Crippen LogP contribution in [0.25, 0.3) is 0 Å². The minimum atomic E-state index is -4.96. The molecule has 0 aliphatic heterocycles. The van der Waals surface area contributed by atoms with Crippen LogP contribution in [0.1, 0.15) is 376 Å². The Labute approximate surface area is 575 Å². The summed E-state index contributed by atoms with van der Waals surface area (Å²) < 4.78 is 68.5. The van der Waals surface area contributed by atoms with Crippen LogP contribution in [0.2, 0.25) is 0 Å². The van der Waals surface area contributed by atoms with Gasteiger partial charge in [0.15, 0.2) is 12.2 Å². The van der Waals surface area contributed by atoms with Gasteiger partial charge in [0, 0.05) is 25.7 Å². The van der Waals surface area contributed by atoms with Gasteiger partial charge >= 0.3 is 39.5 Å². The van der Waals surface area contributed by atoms with Gasteiger partial charge < -0.3 is 33.8 Å². The lowest BCUT2D eigenvalue weighted by atomic mass is 9.99. The van der Waals surface area contributed by atoms with Crippen LogP contribution in [0.3, 0.4) is 0 Å². The lowest BCUT2D eigenvalue weighted by Gasteiger charge is -2.21. The molecule has 0 saturated carbocycles. The Hall–Kier alpha value is -1.94. The van der Waals surface area contributed by atoms with Gasteiger partial charge in [-0.3, -0.25) is 37.3 Å². The van der Waals surface area contributed by atoms with Gasteiger partial charge in [0.25, 0.3) is 0 Å². The van der Waals surface area contributed by atoms with Gasteiger partial charge in [-0.15, -0.1) is 0 Å². The molecular formula is C75H146O17P2. The Morgan fingerprint density at radius 3 is 0.755 bits per heavy atom. The maximum Gasteiger partial charge on any atom is 0.472 e. The quantitative estimate of drug-likeness (QED) is 0.0222. The molecule has 0 aliphatic carbocycles. The van der Waals surface area contributed by atoms with Crippen molar-refractivity contribution >= 4 is 39.5 Å². The highest BCUT2D eigenvalue weighted by atomic mass is 31.2. The average Bonchev–Trinajstić information content (AvgIpc) is 1.88. The number of carbonyl (C=O) groups is 4. The first-order chi connectivity index (χ1) is 45.2. The second kappa shape index (κ2) is 64.4. The van der Waals surface area contributed by atoms with Gasteiger partial charge in [0.05, 0.1) is 26.4 Å². The lowest BCUT2D eigenvalue weighted by molar-refractivity contribution is -0.161. The molecular weight excluding hydrogens is 1230 g/mol. The van der Waals surface area contributed by atoms with E-state index in [-0.39, 0.29) is 25.7 Å². The molecule has 0 spiro atoms. The van der Waals surface area contributed by atoms with E-state index in [1.165, 1.54) is 173 Å². The van der Waals surface area contributed by atoms with E-state index in [0.29, 0.717) is 31.6 Å². The zero-order valence-electron chi connectivity index (χ0n) is 61.6. The smallest absolute Gasteiger partial charge is 0.462 e. The molecule has 0 amide bonds. The van der Waals surface area contributed by atoms with Gasteiger partial charge in [0.1, 0.15) is 19.3 Å². The zero-order chi connectivity index (χ0) is 69.6. The first-order valence-corrected chi connectivity index (χ1v) is 41.8. The molecule has 0 aliphatic rings. The number of hydrogen-bond acceptors (Lipinski definition) is 15. The number of aliphatic hydroxyl groups is 1. The summed E-state index contributed by atoms with van der Waals surface area (Å²) in [6.07, 6.45) is 48.4. The monoisotopic (exact) mass is 1380 g/mol. The van der Waals surface area contributed by atoms with E-state index >= 15 is 0 Å². The fourth-order valence-electron chi connectivity index (χ4n) is 11.3. The van der Waals surface area contributed by atoms with Crippen LogP contribution in [0.15, 0.2) is 0 Å². The summed E-state index contributed by atoms with van der Waals surface area (Å²) in [6.45, 7) is 14.2. The number of carbonyl (C=O) groups excluding carboxylic acids is 4. The van der Waals surface area contributed by atoms with Crippen molar-refractivity contribution in [3.63, 3.8) is 0 Å². The highest BCUT2D eigenvalue weighted by Gasteiger charge is 2.30. The Morgan fingerprint density at radius 1 is 0.298 bits per heavy atom. The molecule has 0 fully saturated rings. The molecule has 6 unspecified atom stereocenters. The van der Waals surface area contributed by atoms with Crippen molar-refractivity contribution in [2.24, 2.45) is 23.7 Å². The highest BCUT2D eigenvalue weighted by Crippen LogP contribution is 2.45. The summed E-state index contributed by atoms with van der Waals surface area (Å²) in [5.41, 5.74) is 0. The SMILES string of the molecule is CCC(C)CCCCCCCCCCCCCCCCC(=O)O[C@H](COC(=O)CCCCCCCCCC(C)C)COP(=O)(O)OCC(O)COP(=O)(O)OC[C@@H](COC(=O)CCCCCCCCCCCCC(C)CC)OC(=O)CCCCCCCCCCC(C)CC. The van der Waals surface area contributed by atoms with Gasteiger partial charge in [0.2, 0.25) is 0 Å². The third kappa shape index (κ3) is 64.7. The normalized spacial score (nSPS) is 15.0. The van der Waals surface area contributed by atoms with Crippen molar-refractivity contribution in [2.45, 2.75) is 395 Å². The standard InChI is InChI=1S/C75H146O17P2/c1-9-66(6)52-44-36-28-20-16-14-12-13-15-17-23-32-41-49-57-74(79)91-71(62-86-73(78)56-48-40-34-26-27-35-43-51-65(4)5)64-90-94(83,84)88-60-69(76)59-87-93(81,82)89-63-70(92-75(80)58-50-42-33-25-24-30-38-46-54-68(8)11-3)61-85-72(77)55-47-39-31-22-19-18-21-29-37-45-53-67(7)10-2/h65-71,76H,9-64H2,1-8H3,(H,81,82)(H,83,84)/t66?,67?,68?,69?,70-,71-/m1/s1. The largest absolute Gasteiger partial charge is 0.472 e. The Kier molecular flexibility index (Phi) is 63.1. The van der Waals surface area contributed by atoms with Gasteiger partial charge in [-0.2, -0.15) is 0 Å². The number of esters is 4. The molecule has 0 saturated heterocycles. The molecule has 0 radical (unpaired) electrons. The van der Waals surface area contributed by atoms with Crippen LogP contribution in [-0.2, 0) is 65.4 Å². The minimum absolute atomic E-state index is 0.104. The van der Waals surface area contributed by atoms with E-state index in [0.717, 1.165) is 114 Å². The molecule has 94 heavy (non-hydrogen) atoms. The first-order valence-electron chi connectivity index (χ1n) is 38.8. The van der Waals surface area contributed by atoms with E-state index in [2.05, 4.69) is 55.4 Å². The fourth-order valence-corrected chi connectivity index (χ4v) is 12.9. The molecule has 0 aromatic rings. The van der Waals surface area contributed by atoms with Crippen LogP contribution < -0.4 is 0 Å². The summed E-state index contributed by atoms with van der Waals surface area (Å²) in [4.78, 5) is 72.8. The molecule has 17 nitrogen and oxygen atoms in total. The van der Waals surface area contributed by atoms with Crippen LogP contribution in [-0.4, -0.2) is 96.7 Å². The van der Waals surface area contributed by atoms with Crippen LogP contribution >= 0.6 is 15.6 Å². The number of phosphoric ester groups is 2. The molecule has 3 N–H and O–H groups in total. The summed E-state index contributed by atoms with van der Waals surface area (Å²) in [7, 11) is -9.91. The van der Waals surface area contributed by atoms with Gasteiger partial charge in [-0.05, 0) is 49.4 Å². The first kappa shape index (κ1) is 92.1. The third-order valence-corrected chi connectivity index (χ3v) is 20.3. The fraction of sp³-hybridized carbons (Fsp3) is 0.947. The predicted molar refractivity (Wildman–Crippen MR) is 381 cm³/mol. The van der Waals surface area contributed by atoms with Crippen molar-refractivity contribution in [1.29, 1.82) is 0 Å². The van der Waals surface area contributed by atoms with E-state index in [1.807, 2.05) is 0 Å². The summed E-state index contributed by atoms with van der Waals surface area (Å²) in [5, 5.41) is 10.6. The third-order valence-electron chi connectivity index (χ3n) is 18.4. The summed E-state index contributed by atoms with van der Waals surface area (Å²) >= 11 is 0.